The third-order valence-corrected chi connectivity index (χ3v) is 14.2. The third-order valence-electron chi connectivity index (χ3n) is 13.4. The first-order valence-corrected chi connectivity index (χ1v) is 25.3. The zero-order chi connectivity index (χ0) is 49.9. The van der Waals surface area contributed by atoms with E-state index >= 15 is 0 Å². The van der Waals surface area contributed by atoms with Crippen LogP contribution in [0, 0.1) is 24.2 Å². The fourth-order valence-corrected chi connectivity index (χ4v) is 10.3. The summed E-state index contributed by atoms with van der Waals surface area (Å²) in [6.07, 6.45) is 3.75. The van der Waals surface area contributed by atoms with Gasteiger partial charge in [0.2, 0.25) is 0 Å². The Morgan fingerprint density at radius 1 is 0.971 bits per heavy atom. The number of nitrogens with zero attached hydrogens (tertiary/aromatic N) is 6. The van der Waals surface area contributed by atoms with E-state index in [0.29, 0.717) is 50.7 Å². The first kappa shape index (κ1) is 50.4. The zero-order valence-electron chi connectivity index (χ0n) is 42.0. The molecule has 70 heavy (non-hydrogen) atoms. The van der Waals surface area contributed by atoms with Gasteiger partial charge in [-0.1, -0.05) is 55.8 Å². The molecule has 0 spiro atoms. The monoisotopic (exact) mass is 976 g/mol. The number of anilines is 1. The number of hydrogen-bond donors (Lipinski definition) is 2. The molecule has 0 radical (unpaired) electrons. The molecule has 3 aliphatic rings. The topological polar surface area (TPSA) is 170 Å². The number of piperazine rings is 1. The predicted molar refractivity (Wildman–Crippen MR) is 269 cm³/mol. The SMILES string of the molecule is CCn1c(-c2cc(N3CCN(C(=O)OCc4ccccc4)CC3)cnc2[C@H](C)OC)c(CC(C)(C)COC(=O)[C@H]2NN(C(=O)[C@H](Cc3nccs3)NC(=O)OC(C)(C)C)CC3CC32)c2cc(C)ccc21. The van der Waals surface area contributed by atoms with E-state index in [-0.39, 0.29) is 49.6 Å². The molecular formula is C53H68N8O8S. The molecule has 8 rings (SSSR count). The smallest absolute Gasteiger partial charge is 0.410 e. The Balaban J connectivity index is 1.01. The van der Waals surface area contributed by atoms with Gasteiger partial charge in [-0.2, -0.15) is 0 Å². The number of benzene rings is 2. The van der Waals surface area contributed by atoms with Crippen molar-refractivity contribution < 1.29 is 38.1 Å². The van der Waals surface area contributed by atoms with Crippen LogP contribution >= 0.6 is 11.3 Å². The molecular weight excluding hydrogens is 909 g/mol. The Bertz CT molecular complexity index is 2660. The van der Waals surface area contributed by atoms with Gasteiger partial charge in [0, 0.05) is 86.3 Å². The second-order valence-electron chi connectivity index (χ2n) is 20.6. The molecule has 5 atom stereocenters. The molecule has 2 unspecified atom stereocenters. The van der Waals surface area contributed by atoms with Gasteiger partial charge in [-0.3, -0.25) is 19.6 Å². The number of ether oxygens (including phenoxy) is 4. The van der Waals surface area contributed by atoms with E-state index in [1.54, 1.807) is 39.0 Å². The van der Waals surface area contributed by atoms with Gasteiger partial charge in [-0.25, -0.2) is 20.0 Å². The van der Waals surface area contributed by atoms with E-state index in [4.69, 9.17) is 23.9 Å². The van der Waals surface area contributed by atoms with Crippen molar-refractivity contribution in [2.24, 2.45) is 17.3 Å². The summed E-state index contributed by atoms with van der Waals surface area (Å²) in [6, 6.07) is 16.8. The van der Waals surface area contributed by atoms with Crippen LogP contribution in [-0.4, -0.2) is 113 Å². The molecule has 1 aliphatic carbocycles. The van der Waals surface area contributed by atoms with Crippen molar-refractivity contribution in [1.82, 2.24) is 35.2 Å². The first-order valence-electron chi connectivity index (χ1n) is 24.4. The van der Waals surface area contributed by atoms with Crippen molar-refractivity contribution >= 4 is 52.0 Å². The van der Waals surface area contributed by atoms with Gasteiger partial charge in [-0.05, 0) is 95.5 Å². The Labute approximate surface area is 415 Å². The van der Waals surface area contributed by atoms with Crippen molar-refractivity contribution in [1.29, 1.82) is 0 Å². The summed E-state index contributed by atoms with van der Waals surface area (Å²) in [4.78, 5) is 67.8. The highest BCUT2D eigenvalue weighted by Crippen LogP contribution is 2.46. The fraction of sp³-hybridized carbons (Fsp3) is 0.509. The van der Waals surface area contributed by atoms with E-state index < -0.39 is 35.2 Å². The molecule has 5 aromatic rings. The average molecular weight is 977 g/mol. The maximum absolute atomic E-state index is 14.2. The molecule has 1 saturated carbocycles. The molecule has 0 bridgehead atoms. The first-order chi connectivity index (χ1) is 33.4. The minimum absolute atomic E-state index is 0.0328. The van der Waals surface area contributed by atoms with E-state index in [1.807, 2.05) is 48.8 Å². The molecule has 17 heteroatoms. The van der Waals surface area contributed by atoms with Crippen LogP contribution in [0.1, 0.15) is 88.4 Å². The second-order valence-corrected chi connectivity index (χ2v) is 21.6. The minimum atomic E-state index is -0.961. The minimum Gasteiger partial charge on any atom is -0.464 e. The van der Waals surface area contributed by atoms with Crippen LogP contribution in [0.25, 0.3) is 22.2 Å². The van der Waals surface area contributed by atoms with Crippen molar-refractivity contribution in [3.05, 3.63) is 99.8 Å². The molecule has 2 saturated heterocycles. The van der Waals surface area contributed by atoms with Crippen molar-refractivity contribution in [2.75, 3.05) is 51.3 Å². The van der Waals surface area contributed by atoms with Crippen LogP contribution in [0.2, 0.25) is 0 Å². The molecule has 3 fully saturated rings. The number of esters is 1. The summed E-state index contributed by atoms with van der Waals surface area (Å²) in [7, 11) is 1.69. The number of hydrogen-bond acceptors (Lipinski definition) is 13. The Morgan fingerprint density at radius 2 is 1.73 bits per heavy atom. The number of aromatic nitrogens is 3. The molecule has 2 aromatic carbocycles. The van der Waals surface area contributed by atoms with Crippen LogP contribution in [0.4, 0.5) is 15.3 Å². The molecule has 2 N–H and O–H groups in total. The number of hydrazine groups is 1. The molecule has 3 aromatic heterocycles. The lowest BCUT2D eigenvalue weighted by Crippen LogP contribution is -2.61. The summed E-state index contributed by atoms with van der Waals surface area (Å²) in [5.41, 5.74) is 9.97. The van der Waals surface area contributed by atoms with Gasteiger partial charge < -0.3 is 38.6 Å². The predicted octanol–water partition coefficient (Wildman–Crippen LogP) is 8.25. The summed E-state index contributed by atoms with van der Waals surface area (Å²) in [6.45, 7) is 19.5. The van der Waals surface area contributed by atoms with E-state index in [0.717, 1.165) is 56.7 Å². The molecule has 3 amide bonds. The van der Waals surface area contributed by atoms with Crippen LogP contribution in [0.3, 0.4) is 0 Å². The standard InChI is InChI=1S/C53H68N8O8S/c1-10-60-43-17-16-33(2)24-39(43)41(47(60)40-26-37(29-55-45(40)34(3)66-9)58-19-21-59(22-20-58)51(65)67-31-35-14-12-11-13-15-35)28-53(7,8)32-68-49(63)46-38-25-36(38)30-61(57-46)48(62)42(27-44-54-18-23-70-44)56-50(64)69-52(4,5)6/h11-18,23-24,26,29,34,36,38,42,46,57H,10,19-22,25,27-28,30-32H2,1-9H3,(H,56,64)/t34-,36?,38?,42-,46-/m0/s1. The zero-order valence-corrected chi connectivity index (χ0v) is 42.8. The molecule has 374 valence electrons. The Kier molecular flexibility index (Phi) is 15.2. The van der Waals surface area contributed by atoms with Crippen molar-refractivity contribution in [2.45, 2.75) is 112 Å². The van der Waals surface area contributed by atoms with Crippen molar-refractivity contribution in [3.8, 4) is 11.3 Å². The Hall–Kier alpha value is -6.04. The summed E-state index contributed by atoms with van der Waals surface area (Å²) >= 11 is 1.40. The molecule has 16 nitrogen and oxygen atoms in total. The summed E-state index contributed by atoms with van der Waals surface area (Å²) in [5, 5.41) is 7.87. The lowest BCUT2D eigenvalue weighted by atomic mass is 9.84. The van der Waals surface area contributed by atoms with E-state index in [9.17, 15) is 19.2 Å². The van der Waals surface area contributed by atoms with Gasteiger partial charge in [-0.15, -0.1) is 11.3 Å². The lowest BCUT2D eigenvalue weighted by molar-refractivity contribution is -0.155. The largest absolute Gasteiger partial charge is 0.464 e. The van der Waals surface area contributed by atoms with Gasteiger partial charge in [0.15, 0.2) is 0 Å². The highest BCUT2D eigenvalue weighted by molar-refractivity contribution is 7.09. The van der Waals surface area contributed by atoms with E-state index in [1.165, 1.54) is 16.3 Å². The molecule has 2 aliphatic heterocycles. The van der Waals surface area contributed by atoms with Crippen LogP contribution in [-0.2, 0) is 54.5 Å². The maximum atomic E-state index is 14.2. The lowest BCUT2D eigenvalue weighted by Gasteiger charge is -2.36. The number of nitrogens with one attached hydrogen (secondary N) is 2. The number of methoxy groups -OCH3 is 1. The van der Waals surface area contributed by atoms with Crippen LogP contribution in [0.5, 0.6) is 0 Å². The quantitative estimate of drug-likeness (QED) is 0.0719. The number of fused-ring (bicyclic) bond motifs is 2. The number of aryl methyl sites for hydroxylation is 2. The molecule has 5 heterocycles. The number of carbonyl (C=O) groups is 4. The number of rotatable bonds is 16. The maximum Gasteiger partial charge on any atom is 0.410 e. The summed E-state index contributed by atoms with van der Waals surface area (Å²) in [5.74, 6) is -0.631. The normalized spacial score (nSPS) is 19.0. The van der Waals surface area contributed by atoms with Crippen LogP contribution in [0.15, 0.2) is 72.4 Å². The van der Waals surface area contributed by atoms with E-state index in [2.05, 4.69) is 77.2 Å². The third kappa shape index (κ3) is 11.8. The van der Waals surface area contributed by atoms with Gasteiger partial charge in [0.05, 0.1) is 41.0 Å². The number of alkyl carbamates (subject to hydrolysis) is 1. The van der Waals surface area contributed by atoms with Crippen molar-refractivity contribution in [3.63, 3.8) is 0 Å². The fourth-order valence-electron chi connectivity index (χ4n) is 9.65. The highest BCUT2D eigenvalue weighted by Gasteiger charge is 2.53. The number of pyridine rings is 1. The summed E-state index contributed by atoms with van der Waals surface area (Å²) < 4.78 is 25.7. The number of thiazole rings is 1. The number of amides is 3. The van der Waals surface area contributed by atoms with Gasteiger partial charge >= 0.3 is 18.2 Å². The average Bonchev–Trinajstić information content (AvgIpc) is 3.84. The Morgan fingerprint density at radius 3 is 2.41 bits per heavy atom. The van der Waals surface area contributed by atoms with Gasteiger partial charge in [0.25, 0.3) is 5.91 Å². The van der Waals surface area contributed by atoms with Gasteiger partial charge in [0.1, 0.15) is 24.3 Å². The van der Waals surface area contributed by atoms with Crippen LogP contribution < -0.4 is 15.6 Å². The number of carbonyl (C=O) groups excluding carboxylic acids is 4. The highest BCUT2D eigenvalue weighted by atomic mass is 32.1. The second kappa shape index (κ2) is 21.1.